The minimum Gasteiger partial charge on any atom is -0.493 e. The summed E-state index contributed by atoms with van der Waals surface area (Å²) in [4.78, 5) is 17.6. The summed E-state index contributed by atoms with van der Waals surface area (Å²) in [5.41, 5.74) is -0.790. The molecule has 21 heavy (non-hydrogen) atoms. The van der Waals surface area contributed by atoms with Crippen LogP contribution in [-0.4, -0.2) is 21.3 Å². The number of aromatic hydroxyl groups is 1. The molecule has 0 aliphatic carbocycles. The Kier molecular flexibility index (Phi) is 3.97. The number of halogens is 4. The zero-order valence-corrected chi connectivity index (χ0v) is 10.5. The van der Waals surface area contributed by atoms with Gasteiger partial charge in [-0.25, -0.2) is 4.39 Å². The largest absolute Gasteiger partial charge is 0.493 e. The van der Waals surface area contributed by atoms with Gasteiger partial charge in [0.15, 0.2) is 0 Å². The Bertz CT molecular complexity index is 693. The Balaban J connectivity index is 2.34. The van der Waals surface area contributed by atoms with E-state index in [2.05, 4.69) is 9.97 Å². The molecule has 2 N–H and O–H groups in total. The van der Waals surface area contributed by atoms with E-state index in [-0.39, 0.29) is 17.0 Å². The van der Waals surface area contributed by atoms with Crippen molar-refractivity contribution in [2.24, 2.45) is 0 Å². The minimum absolute atomic E-state index is 0.213. The smallest absolute Gasteiger partial charge is 0.389 e. The molecular formula is C13H10F4N2O2. The number of hydrogen-bond donors (Lipinski definition) is 2. The van der Waals surface area contributed by atoms with E-state index in [0.717, 1.165) is 12.1 Å². The molecule has 2 rings (SSSR count). The Morgan fingerprint density at radius 3 is 2.33 bits per heavy atom. The SMILES string of the molecule is O=c1[nH]c(CCC(F)(F)F)nc(O)c1-c1ccc(F)cc1. The monoisotopic (exact) mass is 302 g/mol. The molecule has 8 heteroatoms. The summed E-state index contributed by atoms with van der Waals surface area (Å²) >= 11 is 0. The summed E-state index contributed by atoms with van der Waals surface area (Å²) in [6, 6.07) is 4.70. The topological polar surface area (TPSA) is 66.0 Å². The first-order valence-electron chi connectivity index (χ1n) is 5.91. The van der Waals surface area contributed by atoms with Crippen LogP contribution in [0.25, 0.3) is 11.1 Å². The minimum atomic E-state index is -4.39. The van der Waals surface area contributed by atoms with Crippen LogP contribution in [0.15, 0.2) is 29.1 Å². The van der Waals surface area contributed by atoms with E-state index in [1.54, 1.807) is 0 Å². The molecule has 0 aliphatic heterocycles. The van der Waals surface area contributed by atoms with Gasteiger partial charge in [0.1, 0.15) is 17.2 Å². The average molecular weight is 302 g/mol. The number of nitrogens with zero attached hydrogens (tertiary/aromatic N) is 1. The van der Waals surface area contributed by atoms with Crippen LogP contribution in [0.3, 0.4) is 0 Å². The Morgan fingerprint density at radius 2 is 1.81 bits per heavy atom. The predicted molar refractivity (Wildman–Crippen MR) is 66.3 cm³/mol. The molecule has 2 aromatic rings. The lowest BCUT2D eigenvalue weighted by molar-refractivity contribution is -0.134. The zero-order valence-electron chi connectivity index (χ0n) is 10.5. The number of H-pyrrole nitrogens is 1. The van der Waals surface area contributed by atoms with Crippen molar-refractivity contribution in [3.8, 4) is 17.0 Å². The van der Waals surface area contributed by atoms with Crippen molar-refractivity contribution >= 4 is 0 Å². The molecule has 4 nitrogen and oxygen atoms in total. The fourth-order valence-electron chi connectivity index (χ4n) is 1.76. The molecule has 0 fully saturated rings. The molecule has 112 valence electrons. The van der Waals surface area contributed by atoms with Gasteiger partial charge < -0.3 is 10.1 Å². The lowest BCUT2D eigenvalue weighted by Crippen LogP contribution is -2.16. The van der Waals surface area contributed by atoms with Gasteiger partial charge in [-0.3, -0.25) is 4.79 Å². The summed E-state index contributed by atoms with van der Waals surface area (Å²) in [5.74, 6) is -1.48. The van der Waals surface area contributed by atoms with Crippen LogP contribution in [0.5, 0.6) is 5.88 Å². The fourth-order valence-corrected chi connectivity index (χ4v) is 1.76. The van der Waals surface area contributed by atoms with E-state index in [9.17, 15) is 27.5 Å². The first-order chi connectivity index (χ1) is 9.76. The lowest BCUT2D eigenvalue weighted by atomic mass is 10.1. The van der Waals surface area contributed by atoms with Gasteiger partial charge in [-0.2, -0.15) is 18.2 Å². The number of aromatic amines is 1. The normalized spacial score (nSPS) is 11.6. The maximum Gasteiger partial charge on any atom is 0.389 e. The van der Waals surface area contributed by atoms with Crippen molar-refractivity contribution in [1.29, 1.82) is 0 Å². The van der Waals surface area contributed by atoms with Crippen molar-refractivity contribution in [3.63, 3.8) is 0 Å². The lowest BCUT2D eigenvalue weighted by Gasteiger charge is -2.08. The van der Waals surface area contributed by atoms with Crippen LogP contribution in [0.2, 0.25) is 0 Å². The first kappa shape index (κ1) is 15.0. The second-order valence-corrected chi connectivity index (χ2v) is 4.33. The zero-order chi connectivity index (χ0) is 15.6. The summed E-state index contributed by atoms with van der Waals surface area (Å²) in [6.45, 7) is 0. The second-order valence-electron chi connectivity index (χ2n) is 4.33. The predicted octanol–water partition coefficient (Wildman–Crippen LogP) is 2.78. The first-order valence-corrected chi connectivity index (χ1v) is 5.91. The number of aromatic nitrogens is 2. The molecule has 0 amide bonds. The van der Waals surface area contributed by atoms with E-state index in [0.29, 0.717) is 0 Å². The van der Waals surface area contributed by atoms with Gasteiger partial charge in [0, 0.05) is 6.42 Å². The molecule has 0 bridgehead atoms. The quantitative estimate of drug-likeness (QED) is 0.857. The van der Waals surface area contributed by atoms with E-state index >= 15 is 0 Å². The van der Waals surface area contributed by atoms with Gasteiger partial charge in [0.05, 0.1) is 6.42 Å². The van der Waals surface area contributed by atoms with Crippen LogP contribution in [0.1, 0.15) is 12.2 Å². The van der Waals surface area contributed by atoms with E-state index in [4.69, 9.17) is 0 Å². The van der Waals surface area contributed by atoms with E-state index in [1.807, 2.05) is 0 Å². The van der Waals surface area contributed by atoms with Gasteiger partial charge in [0.2, 0.25) is 5.88 Å². The number of hydrogen-bond acceptors (Lipinski definition) is 3. The third kappa shape index (κ3) is 3.80. The molecule has 0 radical (unpaired) electrons. The van der Waals surface area contributed by atoms with Gasteiger partial charge >= 0.3 is 6.18 Å². The number of nitrogens with one attached hydrogen (secondary N) is 1. The third-order valence-corrected chi connectivity index (χ3v) is 2.73. The Hall–Kier alpha value is -2.38. The standard InChI is InChI=1S/C13H10F4N2O2/c14-8-3-1-7(2-4-8)10-11(20)18-9(19-12(10)21)5-6-13(15,16)17/h1-4H,5-6H2,(H2,18,19,20,21). The summed E-state index contributed by atoms with van der Waals surface area (Å²) in [7, 11) is 0. The summed E-state index contributed by atoms with van der Waals surface area (Å²) in [5, 5.41) is 9.72. The van der Waals surface area contributed by atoms with Gasteiger partial charge in [-0.1, -0.05) is 12.1 Å². The van der Waals surface area contributed by atoms with Gasteiger partial charge in [-0.15, -0.1) is 0 Å². The highest BCUT2D eigenvalue weighted by atomic mass is 19.4. The van der Waals surface area contributed by atoms with E-state index in [1.165, 1.54) is 12.1 Å². The average Bonchev–Trinajstić information content (AvgIpc) is 2.37. The van der Waals surface area contributed by atoms with Gasteiger partial charge in [0.25, 0.3) is 5.56 Å². The second kappa shape index (κ2) is 5.55. The molecule has 0 unspecified atom stereocenters. The van der Waals surface area contributed by atoms with Crippen molar-refractivity contribution < 1.29 is 22.7 Å². The highest BCUT2D eigenvalue weighted by molar-refractivity contribution is 5.66. The highest BCUT2D eigenvalue weighted by Crippen LogP contribution is 2.25. The van der Waals surface area contributed by atoms with Crippen molar-refractivity contribution in [2.45, 2.75) is 19.0 Å². The van der Waals surface area contributed by atoms with E-state index < -0.39 is 36.3 Å². The maximum absolute atomic E-state index is 12.8. The highest BCUT2D eigenvalue weighted by Gasteiger charge is 2.27. The molecule has 1 aromatic carbocycles. The van der Waals surface area contributed by atoms with Crippen LogP contribution in [0, 0.1) is 5.82 Å². The number of aryl methyl sites for hydroxylation is 1. The van der Waals surface area contributed by atoms with Crippen LogP contribution in [0.4, 0.5) is 17.6 Å². The van der Waals surface area contributed by atoms with Crippen LogP contribution < -0.4 is 5.56 Å². The number of alkyl halides is 3. The number of benzene rings is 1. The molecular weight excluding hydrogens is 292 g/mol. The Morgan fingerprint density at radius 1 is 1.19 bits per heavy atom. The molecule has 1 heterocycles. The van der Waals surface area contributed by atoms with Crippen molar-refractivity contribution in [2.75, 3.05) is 0 Å². The van der Waals surface area contributed by atoms with Crippen LogP contribution >= 0.6 is 0 Å². The van der Waals surface area contributed by atoms with Gasteiger partial charge in [-0.05, 0) is 17.7 Å². The maximum atomic E-state index is 12.8. The van der Waals surface area contributed by atoms with Crippen LogP contribution in [-0.2, 0) is 6.42 Å². The Labute approximate surface area is 116 Å². The number of rotatable bonds is 3. The summed E-state index contributed by atoms with van der Waals surface area (Å²) in [6.07, 6.45) is -6.09. The third-order valence-electron chi connectivity index (χ3n) is 2.73. The summed E-state index contributed by atoms with van der Waals surface area (Å²) < 4.78 is 49.1. The molecule has 0 saturated carbocycles. The molecule has 0 aliphatic rings. The molecule has 1 aromatic heterocycles. The fraction of sp³-hybridized carbons (Fsp3) is 0.231. The molecule has 0 atom stereocenters. The van der Waals surface area contributed by atoms with Crippen molar-refractivity contribution in [1.82, 2.24) is 9.97 Å². The van der Waals surface area contributed by atoms with Crippen molar-refractivity contribution in [3.05, 3.63) is 46.3 Å². The molecule has 0 spiro atoms. The molecule has 0 saturated heterocycles.